The monoisotopic (exact) mass is 156 g/mol. The maximum atomic E-state index is 5.63. The van der Waals surface area contributed by atoms with Gasteiger partial charge in [-0.15, -0.1) is 0 Å². The molecule has 0 aromatic carbocycles. The molecule has 0 aromatic rings. The standard InChI is InChI=1S/C9H20N2/c1-4-8(2)9(7-10)5-6-11-3/h6,8-9H,4-5,7,10H2,1-3H3. The predicted molar refractivity (Wildman–Crippen MR) is 51.0 cm³/mol. The fraction of sp³-hybridized carbons (Fsp3) is 0.889. The third-order valence-corrected chi connectivity index (χ3v) is 2.34. The van der Waals surface area contributed by atoms with Crippen molar-refractivity contribution in [2.45, 2.75) is 26.7 Å². The topological polar surface area (TPSA) is 38.4 Å². The van der Waals surface area contributed by atoms with Crippen LogP contribution in [0.1, 0.15) is 26.7 Å². The summed E-state index contributed by atoms with van der Waals surface area (Å²) in [6.07, 6.45) is 4.20. The molecule has 0 radical (unpaired) electrons. The van der Waals surface area contributed by atoms with Crippen molar-refractivity contribution in [1.82, 2.24) is 0 Å². The van der Waals surface area contributed by atoms with E-state index in [1.807, 2.05) is 13.3 Å². The van der Waals surface area contributed by atoms with Crippen molar-refractivity contribution >= 4 is 6.21 Å². The first kappa shape index (κ1) is 10.6. The largest absolute Gasteiger partial charge is 0.330 e. The summed E-state index contributed by atoms with van der Waals surface area (Å²) >= 11 is 0. The maximum Gasteiger partial charge on any atom is 0.0273 e. The Morgan fingerprint density at radius 2 is 2.18 bits per heavy atom. The van der Waals surface area contributed by atoms with E-state index in [0.29, 0.717) is 5.92 Å². The SMILES string of the molecule is CCC(C)C(CN)CC=NC. The third-order valence-electron chi connectivity index (χ3n) is 2.34. The number of nitrogens with two attached hydrogens (primary N) is 1. The van der Waals surface area contributed by atoms with Gasteiger partial charge in [0.25, 0.3) is 0 Å². The summed E-state index contributed by atoms with van der Waals surface area (Å²) in [5, 5.41) is 0. The summed E-state index contributed by atoms with van der Waals surface area (Å²) in [6.45, 7) is 5.23. The summed E-state index contributed by atoms with van der Waals surface area (Å²) in [6, 6.07) is 0. The Bertz CT molecular complexity index is 110. The minimum Gasteiger partial charge on any atom is -0.330 e. The lowest BCUT2D eigenvalue weighted by Gasteiger charge is -2.18. The zero-order valence-corrected chi connectivity index (χ0v) is 7.88. The van der Waals surface area contributed by atoms with Crippen molar-refractivity contribution in [2.75, 3.05) is 13.6 Å². The number of hydrogen-bond donors (Lipinski definition) is 1. The summed E-state index contributed by atoms with van der Waals surface area (Å²) in [5.41, 5.74) is 5.63. The second-order valence-corrected chi connectivity index (χ2v) is 3.06. The van der Waals surface area contributed by atoms with Crippen molar-refractivity contribution < 1.29 is 0 Å². The van der Waals surface area contributed by atoms with E-state index in [4.69, 9.17) is 5.73 Å². The molecule has 0 rings (SSSR count). The predicted octanol–water partition coefficient (Wildman–Crippen LogP) is 1.70. The third kappa shape index (κ3) is 4.14. The molecule has 0 amide bonds. The van der Waals surface area contributed by atoms with Crippen molar-refractivity contribution in [1.29, 1.82) is 0 Å². The van der Waals surface area contributed by atoms with E-state index in [9.17, 15) is 0 Å². The van der Waals surface area contributed by atoms with Gasteiger partial charge in [0.2, 0.25) is 0 Å². The number of hydrogen-bond acceptors (Lipinski definition) is 2. The zero-order valence-electron chi connectivity index (χ0n) is 7.88. The summed E-state index contributed by atoms with van der Waals surface area (Å²) in [4.78, 5) is 3.96. The molecule has 2 nitrogen and oxygen atoms in total. The van der Waals surface area contributed by atoms with Gasteiger partial charge in [-0.1, -0.05) is 20.3 Å². The number of nitrogens with zero attached hydrogens (tertiary/aromatic N) is 1. The lowest BCUT2D eigenvalue weighted by Crippen LogP contribution is -2.21. The van der Waals surface area contributed by atoms with Crippen LogP contribution in [0.4, 0.5) is 0 Å². The van der Waals surface area contributed by atoms with Gasteiger partial charge in [0.15, 0.2) is 0 Å². The Hall–Kier alpha value is -0.370. The molecule has 2 atom stereocenters. The van der Waals surface area contributed by atoms with Crippen molar-refractivity contribution in [3.05, 3.63) is 0 Å². The summed E-state index contributed by atoms with van der Waals surface area (Å²) < 4.78 is 0. The lowest BCUT2D eigenvalue weighted by atomic mass is 9.89. The Balaban J connectivity index is 3.74. The second-order valence-electron chi connectivity index (χ2n) is 3.06. The van der Waals surface area contributed by atoms with Gasteiger partial charge in [-0.05, 0) is 31.0 Å². The van der Waals surface area contributed by atoms with Crippen LogP contribution in [0.5, 0.6) is 0 Å². The summed E-state index contributed by atoms with van der Waals surface area (Å²) in [5.74, 6) is 1.33. The molecule has 2 unspecified atom stereocenters. The maximum absolute atomic E-state index is 5.63. The van der Waals surface area contributed by atoms with Gasteiger partial charge in [-0.3, -0.25) is 0 Å². The van der Waals surface area contributed by atoms with Gasteiger partial charge in [0, 0.05) is 7.05 Å². The van der Waals surface area contributed by atoms with Crippen LogP contribution >= 0.6 is 0 Å². The van der Waals surface area contributed by atoms with E-state index >= 15 is 0 Å². The van der Waals surface area contributed by atoms with Crippen molar-refractivity contribution in [2.24, 2.45) is 22.6 Å². The first-order valence-electron chi connectivity index (χ1n) is 4.36. The van der Waals surface area contributed by atoms with Gasteiger partial charge < -0.3 is 10.7 Å². The molecule has 0 spiro atoms. The molecule has 0 bridgehead atoms. The minimum atomic E-state index is 0.615. The molecule has 0 fully saturated rings. The van der Waals surface area contributed by atoms with Crippen LogP contribution in [0.3, 0.4) is 0 Å². The van der Waals surface area contributed by atoms with Gasteiger partial charge >= 0.3 is 0 Å². The van der Waals surface area contributed by atoms with Crippen LogP contribution in [0, 0.1) is 11.8 Å². The first-order valence-corrected chi connectivity index (χ1v) is 4.36. The van der Waals surface area contributed by atoms with Crippen molar-refractivity contribution in [3.63, 3.8) is 0 Å². The van der Waals surface area contributed by atoms with Gasteiger partial charge in [-0.2, -0.15) is 0 Å². The van der Waals surface area contributed by atoms with Crippen LogP contribution in [-0.2, 0) is 0 Å². The average molecular weight is 156 g/mol. The first-order chi connectivity index (χ1) is 5.26. The van der Waals surface area contributed by atoms with Crippen LogP contribution in [0.25, 0.3) is 0 Å². The Morgan fingerprint density at radius 3 is 2.55 bits per heavy atom. The Morgan fingerprint density at radius 1 is 1.55 bits per heavy atom. The molecular weight excluding hydrogens is 136 g/mol. The Kier molecular flexibility index (Phi) is 6.13. The van der Waals surface area contributed by atoms with E-state index in [0.717, 1.165) is 18.9 Å². The highest BCUT2D eigenvalue weighted by Crippen LogP contribution is 2.16. The average Bonchev–Trinajstić information content (AvgIpc) is 2.05. The molecular formula is C9H20N2. The summed E-state index contributed by atoms with van der Waals surface area (Å²) in [7, 11) is 1.81. The van der Waals surface area contributed by atoms with E-state index in [-0.39, 0.29) is 0 Å². The van der Waals surface area contributed by atoms with Crippen LogP contribution in [-0.4, -0.2) is 19.8 Å². The Labute approximate surface area is 69.9 Å². The second kappa shape index (κ2) is 6.35. The van der Waals surface area contributed by atoms with Gasteiger partial charge in [0.1, 0.15) is 0 Å². The highest BCUT2D eigenvalue weighted by atomic mass is 14.6. The van der Waals surface area contributed by atoms with Gasteiger partial charge in [0.05, 0.1) is 0 Å². The molecule has 0 aliphatic heterocycles. The van der Waals surface area contributed by atoms with Crippen LogP contribution < -0.4 is 5.73 Å². The van der Waals surface area contributed by atoms with E-state index in [1.54, 1.807) is 0 Å². The highest BCUT2D eigenvalue weighted by Gasteiger charge is 2.11. The van der Waals surface area contributed by atoms with E-state index in [1.165, 1.54) is 6.42 Å². The highest BCUT2D eigenvalue weighted by molar-refractivity contribution is 5.57. The molecule has 0 saturated heterocycles. The molecule has 0 heterocycles. The smallest absolute Gasteiger partial charge is 0.0273 e. The normalized spacial score (nSPS) is 17.1. The number of aliphatic imine (C=N–C) groups is 1. The van der Waals surface area contributed by atoms with Gasteiger partial charge in [-0.25, -0.2) is 0 Å². The molecule has 2 N–H and O–H groups in total. The fourth-order valence-electron chi connectivity index (χ4n) is 1.13. The molecule has 2 heteroatoms. The quantitative estimate of drug-likeness (QED) is 0.604. The number of rotatable bonds is 5. The van der Waals surface area contributed by atoms with Crippen molar-refractivity contribution in [3.8, 4) is 0 Å². The molecule has 66 valence electrons. The van der Waals surface area contributed by atoms with Crippen LogP contribution in [0.15, 0.2) is 4.99 Å². The molecule has 0 aromatic heterocycles. The fourth-order valence-corrected chi connectivity index (χ4v) is 1.13. The van der Waals surface area contributed by atoms with Crippen LogP contribution in [0.2, 0.25) is 0 Å². The minimum absolute atomic E-state index is 0.615. The molecule has 0 saturated carbocycles. The zero-order chi connectivity index (χ0) is 8.69. The molecule has 0 aliphatic carbocycles. The molecule has 11 heavy (non-hydrogen) atoms. The molecule has 0 aliphatic rings. The van der Waals surface area contributed by atoms with E-state index in [2.05, 4.69) is 18.8 Å². The van der Waals surface area contributed by atoms with E-state index < -0.39 is 0 Å². The lowest BCUT2D eigenvalue weighted by molar-refractivity contribution is 0.369.